The van der Waals surface area contributed by atoms with Crippen molar-refractivity contribution < 1.29 is 14.3 Å². The van der Waals surface area contributed by atoms with E-state index in [1.165, 1.54) is 5.56 Å². The molecule has 1 N–H and O–H groups in total. The van der Waals surface area contributed by atoms with Gasteiger partial charge in [-0.15, -0.1) is 0 Å². The molecule has 0 unspecified atom stereocenters. The van der Waals surface area contributed by atoms with E-state index in [0.29, 0.717) is 5.69 Å². The van der Waals surface area contributed by atoms with Crippen LogP contribution < -0.4 is 5.32 Å². The Hall–Kier alpha value is -3.40. The summed E-state index contributed by atoms with van der Waals surface area (Å²) in [6.45, 7) is 5.61. The molecule has 0 saturated carbocycles. The second-order valence-electron chi connectivity index (χ2n) is 7.13. The third-order valence-corrected chi connectivity index (χ3v) is 4.87. The molecule has 148 valence electrons. The van der Waals surface area contributed by atoms with Gasteiger partial charge >= 0.3 is 5.97 Å². The van der Waals surface area contributed by atoms with Crippen molar-refractivity contribution in [1.82, 2.24) is 0 Å². The van der Waals surface area contributed by atoms with Gasteiger partial charge in [0.15, 0.2) is 6.10 Å². The quantitative estimate of drug-likeness (QED) is 0.600. The first kappa shape index (κ1) is 20.3. The number of para-hydroxylation sites is 1. The molecule has 3 aromatic rings. The van der Waals surface area contributed by atoms with Crippen LogP contribution in [0.2, 0.25) is 0 Å². The number of anilines is 1. The van der Waals surface area contributed by atoms with Crippen LogP contribution in [0.3, 0.4) is 0 Å². The van der Waals surface area contributed by atoms with Gasteiger partial charge in [-0.2, -0.15) is 0 Å². The zero-order valence-corrected chi connectivity index (χ0v) is 16.9. The molecule has 29 heavy (non-hydrogen) atoms. The summed E-state index contributed by atoms with van der Waals surface area (Å²) >= 11 is 0. The average Bonchev–Trinajstić information content (AvgIpc) is 2.71. The largest absolute Gasteiger partial charge is 0.452 e. The van der Waals surface area contributed by atoms with Crippen molar-refractivity contribution in [3.05, 3.63) is 89.5 Å². The van der Waals surface area contributed by atoms with Crippen LogP contribution in [0.1, 0.15) is 23.6 Å². The molecular weight excluding hydrogens is 362 g/mol. The molecule has 0 heterocycles. The topological polar surface area (TPSA) is 55.4 Å². The van der Waals surface area contributed by atoms with Gasteiger partial charge in [-0.1, -0.05) is 66.7 Å². The summed E-state index contributed by atoms with van der Waals surface area (Å²) in [7, 11) is 0. The standard InChI is InChI=1S/C25H25NO3/c1-17-13-14-20(15-18(17)2)16-24(27)29-19(3)25(28)26-23-12-8-7-11-22(23)21-9-5-4-6-10-21/h4-15,19H,16H2,1-3H3,(H,26,28)/t19-/m0/s1. The van der Waals surface area contributed by atoms with E-state index in [2.05, 4.69) is 5.32 Å². The second-order valence-corrected chi connectivity index (χ2v) is 7.13. The Bertz CT molecular complexity index is 1010. The van der Waals surface area contributed by atoms with Crippen LogP contribution in [0.5, 0.6) is 0 Å². The Balaban J connectivity index is 1.64. The predicted molar refractivity (Wildman–Crippen MR) is 116 cm³/mol. The minimum Gasteiger partial charge on any atom is -0.452 e. The van der Waals surface area contributed by atoms with Crippen LogP contribution in [0.4, 0.5) is 5.69 Å². The number of carbonyl (C=O) groups excluding carboxylic acids is 2. The molecule has 1 atom stereocenters. The van der Waals surface area contributed by atoms with Crippen molar-refractivity contribution >= 4 is 17.6 Å². The van der Waals surface area contributed by atoms with Gasteiger partial charge in [-0.3, -0.25) is 9.59 Å². The lowest BCUT2D eigenvalue weighted by Gasteiger charge is -2.16. The Kier molecular flexibility index (Phi) is 6.45. The molecule has 0 aliphatic heterocycles. The fraction of sp³-hybridized carbons (Fsp3) is 0.200. The highest BCUT2D eigenvalue weighted by Gasteiger charge is 2.19. The van der Waals surface area contributed by atoms with Crippen LogP contribution in [0.15, 0.2) is 72.8 Å². The molecule has 0 saturated heterocycles. The number of hydrogen-bond donors (Lipinski definition) is 1. The van der Waals surface area contributed by atoms with E-state index in [1.807, 2.05) is 86.6 Å². The number of amides is 1. The van der Waals surface area contributed by atoms with E-state index >= 15 is 0 Å². The first-order chi connectivity index (χ1) is 13.9. The Morgan fingerprint density at radius 1 is 0.897 bits per heavy atom. The Morgan fingerprint density at radius 3 is 2.31 bits per heavy atom. The number of benzene rings is 3. The van der Waals surface area contributed by atoms with Crippen LogP contribution in [0, 0.1) is 13.8 Å². The van der Waals surface area contributed by atoms with E-state index in [4.69, 9.17) is 4.74 Å². The maximum Gasteiger partial charge on any atom is 0.311 e. The maximum absolute atomic E-state index is 12.6. The highest BCUT2D eigenvalue weighted by molar-refractivity contribution is 5.98. The molecule has 4 heteroatoms. The third kappa shape index (κ3) is 5.32. The molecule has 4 nitrogen and oxygen atoms in total. The van der Waals surface area contributed by atoms with Crippen molar-refractivity contribution in [3.8, 4) is 11.1 Å². The van der Waals surface area contributed by atoms with Gasteiger partial charge in [0.1, 0.15) is 0 Å². The first-order valence-electron chi connectivity index (χ1n) is 9.65. The van der Waals surface area contributed by atoms with Crippen molar-refractivity contribution in [2.75, 3.05) is 5.32 Å². The van der Waals surface area contributed by atoms with E-state index in [0.717, 1.165) is 22.3 Å². The molecular formula is C25H25NO3. The first-order valence-corrected chi connectivity index (χ1v) is 9.65. The number of nitrogens with one attached hydrogen (secondary N) is 1. The molecule has 0 aromatic heterocycles. The molecule has 0 radical (unpaired) electrons. The van der Waals surface area contributed by atoms with Gasteiger partial charge in [0.05, 0.1) is 6.42 Å². The van der Waals surface area contributed by atoms with E-state index in [1.54, 1.807) is 6.92 Å². The lowest BCUT2D eigenvalue weighted by Crippen LogP contribution is -2.30. The predicted octanol–water partition coefficient (Wildman–Crippen LogP) is 5.08. The second kappa shape index (κ2) is 9.20. The summed E-state index contributed by atoms with van der Waals surface area (Å²) in [5.41, 5.74) is 5.77. The van der Waals surface area contributed by atoms with Crippen LogP contribution >= 0.6 is 0 Å². The molecule has 0 spiro atoms. The van der Waals surface area contributed by atoms with Gasteiger partial charge in [0.25, 0.3) is 5.91 Å². The smallest absolute Gasteiger partial charge is 0.311 e. The summed E-state index contributed by atoms with van der Waals surface area (Å²) in [4.78, 5) is 24.9. The average molecular weight is 387 g/mol. The van der Waals surface area contributed by atoms with Crippen molar-refractivity contribution in [1.29, 1.82) is 0 Å². The molecule has 0 fully saturated rings. The zero-order chi connectivity index (χ0) is 20.8. The fourth-order valence-corrected chi connectivity index (χ4v) is 3.07. The number of rotatable bonds is 6. The number of carbonyl (C=O) groups is 2. The number of aryl methyl sites for hydroxylation is 2. The summed E-state index contributed by atoms with van der Waals surface area (Å²) in [6, 6.07) is 23.2. The van der Waals surface area contributed by atoms with Gasteiger partial charge < -0.3 is 10.1 Å². The van der Waals surface area contributed by atoms with Gasteiger partial charge in [0, 0.05) is 11.3 Å². The lowest BCUT2D eigenvalue weighted by atomic mass is 10.0. The highest BCUT2D eigenvalue weighted by atomic mass is 16.5. The van der Waals surface area contributed by atoms with Gasteiger partial charge in [-0.05, 0) is 49.1 Å². The summed E-state index contributed by atoms with van der Waals surface area (Å²) < 4.78 is 5.35. The molecule has 3 aromatic carbocycles. The van der Waals surface area contributed by atoms with E-state index in [-0.39, 0.29) is 12.3 Å². The number of hydrogen-bond acceptors (Lipinski definition) is 3. The van der Waals surface area contributed by atoms with Crippen molar-refractivity contribution in [2.24, 2.45) is 0 Å². The SMILES string of the molecule is Cc1ccc(CC(=O)O[C@@H](C)C(=O)Nc2ccccc2-c2ccccc2)cc1C. The normalized spacial score (nSPS) is 11.6. The number of ether oxygens (including phenoxy) is 1. The van der Waals surface area contributed by atoms with Gasteiger partial charge in [-0.25, -0.2) is 0 Å². The molecule has 3 rings (SSSR count). The van der Waals surface area contributed by atoms with Crippen LogP contribution in [0.25, 0.3) is 11.1 Å². The minimum atomic E-state index is -0.891. The maximum atomic E-state index is 12.6. The van der Waals surface area contributed by atoms with Crippen LogP contribution in [-0.4, -0.2) is 18.0 Å². The molecule has 0 aliphatic carbocycles. The van der Waals surface area contributed by atoms with E-state index in [9.17, 15) is 9.59 Å². The minimum absolute atomic E-state index is 0.138. The third-order valence-electron chi connectivity index (χ3n) is 4.87. The van der Waals surface area contributed by atoms with Gasteiger partial charge in [0.2, 0.25) is 0 Å². The molecule has 0 bridgehead atoms. The van der Waals surface area contributed by atoms with Crippen molar-refractivity contribution in [2.45, 2.75) is 33.3 Å². The monoisotopic (exact) mass is 387 g/mol. The number of esters is 1. The van der Waals surface area contributed by atoms with E-state index < -0.39 is 12.1 Å². The Morgan fingerprint density at radius 2 is 1.59 bits per heavy atom. The summed E-state index contributed by atoms with van der Waals surface area (Å²) in [6.07, 6.45) is -0.753. The highest BCUT2D eigenvalue weighted by Crippen LogP contribution is 2.27. The fourth-order valence-electron chi connectivity index (χ4n) is 3.07. The summed E-state index contributed by atoms with van der Waals surface area (Å²) in [5, 5.41) is 2.88. The lowest BCUT2D eigenvalue weighted by molar-refractivity contribution is -0.152. The summed E-state index contributed by atoms with van der Waals surface area (Å²) in [5.74, 6) is -0.783. The molecule has 0 aliphatic rings. The molecule has 1 amide bonds. The zero-order valence-electron chi connectivity index (χ0n) is 16.9. The Labute approximate surface area is 171 Å². The van der Waals surface area contributed by atoms with Crippen LogP contribution in [-0.2, 0) is 20.7 Å². The van der Waals surface area contributed by atoms with Crippen molar-refractivity contribution in [3.63, 3.8) is 0 Å².